The van der Waals surface area contributed by atoms with E-state index < -0.39 is 0 Å². The van der Waals surface area contributed by atoms with Crippen LogP contribution in [0.1, 0.15) is 28.9 Å². The topological polar surface area (TPSA) is 71.5 Å². The normalized spacial score (nSPS) is 17.1. The summed E-state index contributed by atoms with van der Waals surface area (Å²) in [6.07, 6.45) is -0.109. The van der Waals surface area contributed by atoms with Crippen LogP contribution in [-0.2, 0) is 9.53 Å². The van der Waals surface area contributed by atoms with Crippen molar-refractivity contribution in [1.82, 2.24) is 9.88 Å². The van der Waals surface area contributed by atoms with Crippen LogP contribution in [0, 0.1) is 0 Å². The number of morpholine rings is 1. The minimum absolute atomic E-state index is 0.0180. The zero-order valence-electron chi connectivity index (χ0n) is 14.8. The number of thiazole rings is 1. The molecule has 1 saturated heterocycles. The second kappa shape index (κ2) is 7.46. The fourth-order valence-electron chi connectivity index (χ4n) is 3.15. The van der Waals surface area contributed by atoms with Gasteiger partial charge in [0.15, 0.2) is 5.13 Å². The number of benzene rings is 2. The molecule has 3 aromatic rings. The molecule has 1 atom stereocenters. The molecule has 1 aromatic heterocycles. The molecule has 1 N–H and O–H groups in total. The van der Waals surface area contributed by atoms with E-state index in [0.717, 1.165) is 15.8 Å². The summed E-state index contributed by atoms with van der Waals surface area (Å²) in [7, 11) is 0. The summed E-state index contributed by atoms with van der Waals surface area (Å²) in [6.45, 7) is 3.06. The predicted octanol–water partition coefficient (Wildman–Crippen LogP) is 3.47. The molecule has 0 radical (unpaired) electrons. The van der Waals surface area contributed by atoms with Gasteiger partial charge in [-0.3, -0.25) is 9.59 Å². The number of aromatic nitrogens is 1. The molecule has 1 aliphatic rings. The SMILES string of the molecule is CC(=O)Nc1nc2ccc(C(=O)N3CCOC(c4ccccc4)C3)cc2s1. The molecule has 0 aliphatic carbocycles. The maximum absolute atomic E-state index is 13.0. The summed E-state index contributed by atoms with van der Waals surface area (Å²) in [5.74, 6) is -0.179. The Morgan fingerprint density at radius 3 is 2.81 bits per heavy atom. The van der Waals surface area contributed by atoms with Gasteiger partial charge in [-0.1, -0.05) is 41.7 Å². The summed E-state index contributed by atoms with van der Waals surface area (Å²) in [6, 6.07) is 15.4. The van der Waals surface area contributed by atoms with Crippen molar-refractivity contribution in [2.45, 2.75) is 13.0 Å². The Bertz CT molecular complexity index is 987. The Kier molecular flexibility index (Phi) is 4.87. The molecule has 1 fully saturated rings. The summed E-state index contributed by atoms with van der Waals surface area (Å²) in [5.41, 5.74) is 2.46. The van der Waals surface area contributed by atoms with Gasteiger partial charge < -0.3 is 15.0 Å². The Labute approximate surface area is 160 Å². The van der Waals surface area contributed by atoms with Crippen LogP contribution in [0.15, 0.2) is 48.5 Å². The van der Waals surface area contributed by atoms with Crippen molar-refractivity contribution in [2.75, 3.05) is 25.0 Å². The quantitative estimate of drug-likeness (QED) is 0.754. The molecule has 4 rings (SSSR count). The van der Waals surface area contributed by atoms with Gasteiger partial charge in [0.2, 0.25) is 5.91 Å². The maximum atomic E-state index is 13.0. The third-order valence-electron chi connectivity index (χ3n) is 4.44. The first-order valence-corrected chi connectivity index (χ1v) is 9.56. The molecule has 138 valence electrons. The van der Waals surface area contributed by atoms with E-state index in [0.29, 0.717) is 30.4 Å². The lowest BCUT2D eigenvalue weighted by atomic mass is 10.1. The number of rotatable bonds is 3. The summed E-state index contributed by atoms with van der Waals surface area (Å²) < 4.78 is 6.72. The highest BCUT2D eigenvalue weighted by molar-refractivity contribution is 7.22. The minimum atomic E-state index is -0.161. The number of nitrogens with zero attached hydrogens (tertiary/aromatic N) is 2. The average molecular weight is 381 g/mol. The van der Waals surface area contributed by atoms with E-state index in [-0.39, 0.29) is 17.9 Å². The second-order valence-electron chi connectivity index (χ2n) is 6.40. The minimum Gasteiger partial charge on any atom is -0.370 e. The molecule has 1 unspecified atom stereocenters. The largest absolute Gasteiger partial charge is 0.370 e. The molecule has 2 aromatic carbocycles. The van der Waals surface area contributed by atoms with Gasteiger partial charge in [-0.05, 0) is 23.8 Å². The molecule has 2 heterocycles. The van der Waals surface area contributed by atoms with E-state index in [2.05, 4.69) is 10.3 Å². The number of nitrogens with one attached hydrogen (secondary N) is 1. The molecule has 2 amide bonds. The highest BCUT2D eigenvalue weighted by Crippen LogP contribution is 2.28. The third kappa shape index (κ3) is 3.84. The number of hydrogen-bond donors (Lipinski definition) is 1. The summed E-state index contributed by atoms with van der Waals surface area (Å²) in [4.78, 5) is 30.4. The lowest BCUT2D eigenvalue weighted by Gasteiger charge is -2.33. The van der Waals surface area contributed by atoms with Crippen LogP contribution in [0.25, 0.3) is 10.2 Å². The highest BCUT2D eigenvalue weighted by Gasteiger charge is 2.26. The first-order chi connectivity index (χ1) is 13.1. The molecule has 0 bridgehead atoms. The molecule has 0 spiro atoms. The Morgan fingerprint density at radius 1 is 1.22 bits per heavy atom. The Morgan fingerprint density at radius 2 is 2.04 bits per heavy atom. The molecular weight excluding hydrogens is 362 g/mol. The first kappa shape index (κ1) is 17.6. The number of fused-ring (bicyclic) bond motifs is 1. The van der Waals surface area contributed by atoms with Crippen molar-refractivity contribution in [3.05, 3.63) is 59.7 Å². The zero-order valence-corrected chi connectivity index (χ0v) is 15.7. The monoisotopic (exact) mass is 381 g/mol. The second-order valence-corrected chi connectivity index (χ2v) is 7.43. The number of anilines is 1. The van der Waals surface area contributed by atoms with Crippen LogP contribution in [0.3, 0.4) is 0 Å². The smallest absolute Gasteiger partial charge is 0.254 e. The lowest BCUT2D eigenvalue weighted by Crippen LogP contribution is -2.42. The van der Waals surface area contributed by atoms with E-state index in [1.807, 2.05) is 47.4 Å². The average Bonchev–Trinajstić information content (AvgIpc) is 3.08. The molecule has 1 aliphatic heterocycles. The number of ether oxygens (including phenoxy) is 1. The summed E-state index contributed by atoms with van der Waals surface area (Å²) >= 11 is 1.36. The van der Waals surface area contributed by atoms with Crippen molar-refractivity contribution in [3.63, 3.8) is 0 Å². The lowest BCUT2D eigenvalue weighted by molar-refractivity contribution is -0.114. The Balaban J connectivity index is 1.54. The van der Waals surface area contributed by atoms with E-state index in [9.17, 15) is 9.59 Å². The first-order valence-electron chi connectivity index (χ1n) is 8.74. The number of carbonyl (C=O) groups is 2. The molecular formula is C20H19N3O3S. The van der Waals surface area contributed by atoms with Crippen molar-refractivity contribution in [2.24, 2.45) is 0 Å². The Hall–Kier alpha value is -2.77. The van der Waals surface area contributed by atoms with Crippen molar-refractivity contribution in [1.29, 1.82) is 0 Å². The van der Waals surface area contributed by atoms with Gasteiger partial charge in [0, 0.05) is 19.0 Å². The number of amides is 2. The molecule has 6 nitrogen and oxygen atoms in total. The molecule has 7 heteroatoms. The molecule has 27 heavy (non-hydrogen) atoms. The highest BCUT2D eigenvalue weighted by atomic mass is 32.1. The summed E-state index contributed by atoms with van der Waals surface area (Å²) in [5, 5.41) is 3.23. The van der Waals surface area contributed by atoms with E-state index >= 15 is 0 Å². The maximum Gasteiger partial charge on any atom is 0.254 e. The van der Waals surface area contributed by atoms with Crippen LogP contribution in [0.4, 0.5) is 5.13 Å². The van der Waals surface area contributed by atoms with Crippen LogP contribution in [0.5, 0.6) is 0 Å². The van der Waals surface area contributed by atoms with Crippen molar-refractivity contribution >= 4 is 38.5 Å². The van der Waals surface area contributed by atoms with Crippen LogP contribution in [0.2, 0.25) is 0 Å². The van der Waals surface area contributed by atoms with E-state index in [1.165, 1.54) is 18.3 Å². The van der Waals surface area contributed by atoms with Crippen molar-refractivity contribution < 1.29 is 14.3 Å². The number of carbonyl (C=O) groups excluding carboxylic acids is 2. The number of hydrogen-bond acceptors (Lipinski definition) is 5. The van der Waals surface area contributed by atoms with Gasteiger partial charge in [-0.2, -0.15) is 0 Å². The third-order valence-corrected chi connectivity index (χ3v) is 5.38. The zero-order chi connectivity index (χ0) is 18.8. The van der Waals surface area contributed by atoms with Gasteiger partial charge in [0.25, 0.3) is 5.91 Å². The van der Waals surface area contributed by atoms with E-state index in [1.54, 1.807) is 6.07 Å². The van der Waals surface area contributed by atoms with Crippen LogP contribution in [-0.4, -0.2) is 41.4 Å². The van der Waals surface area contributed by atoms with Gasteiger partial charge in [0.1, 0.15) is 6.10 Å². The van der Waals surface area contributed by atoms with Crippen LogP contribution < -0.4 is 5.32 Å². The van der Waals surface area contributed by atoms with Crippen molar-refractivity contribution in [3.8, 4) is 0 Å². The van der Waals surface area contributed by atoms with Gasteiger partial charge in [0.05, 0.1) is 23.4 Å². The van der Waals surface area contributed by atoms with Gasteiger partial charge in [-0.15, -0.1) is 0 Å². The molecule has 0 saturated carbocycles. The predicted molar refractivity (Wildman–Crippen MR) is 105 cm³/mol. The standard InChI is InChI=1S/C20H19N3O3S/c1-13(24)21-20-22-16-8-7-15(11-18(16)27-20)19(25)23-9-10-26-17(12-23)14-5-3-2-4-6-14/h2-8,11,17H,9-10,12H2,1H3,(H,21,22,24). The fourth-order valence-corrected chi connectivity index (χ4v) is 4.10. The van der Waals surface area contributed by atoms with Crippen LogP contribution >= 0.6 is 11.3 Å². The van der Waals surface area contributed by atoms with Gasteiger partial charge >= 0.3 is 0 Å². The van der Waals surface area contributed by atoms with Gasteiger partial charge in [-0.25, -0.2) is 4.98 Å². The van der Waals surface area contributed by atoms with E-state index in [4.69, 9.17) is 4.74 Å². The fraction of sp³-hybridized carbons (Fsp3) is 0.250.